The molecule has 1 fully saturated rings. The topological polar surface area (TPSA) is 38.8 Å². The lowest BCUT2D eigenvalue weighted by Crippen LogP contribution is -2.31. The predicted octanol–water partition coefficient (Wildman–Crippen LogP) is 2.55. The van der Waals surface area contributed by atoms with Gasteiger partial charge in [-0.05, 0) is 44.0 Å². The largest absolute Gasteiger partial charge is 0.493 e. The quantitative estimate of drug-likeness (QED) is 0.738. The molecule has 0 spiro atoms. The molecule has 0 aliphatic heterocycles. The Kier molecular flexibility index (Phi) is 4.88. The van der Waals surface area contributed by atoms with Crippen LogP contribution in [0.2, 0.25) is 0 Å². The number of ether oxygens (including phenoxy) is 2. The van der Waals surface area contributed by atoms with Crippen molar-refractivity contribution in [2.45, 2.75) is 26.2 Å². The molecule has 1 saturated carbocycles. The van der Waals surface area contributed by atoms with Crippen molar-refractivity contribution in [1.82, 2.24) is 4.90 Å². The number of hydrogen-bond donors (Lipinski definition) is 0. The highest BCUT2D eigenvalue weighted by Gasteiger charge is 2.44. The third kappa shape index (κ3) is 3.97. The van der Waals surface area contributed by atoms with E-state index in [1.54, 1.807) is 14.2 Å². The molecule has 0 amide bonds. The molecule has 1 aromatic carbocycles. The summed E-state index contributed by atoms with van der Waals surface area (Å²) in [5.41, 5.74) is 1.15. The number of nitrogens with zero attached hydrogens (tertiary/aromatic N) is 1. The summed E-state index contributed by atoms with van der Waals surface area (Å²) in [6.45, 7) is 3.47. The van der Waals surface area contributed by atoms with Crippen molar-refractivity contribution in [3.8, 4) is 11.5 Å². The van der Waals surface area contributed by atoms with Crippen LogP contribution < -0.4 is 9.47 Å². The van der Waals surface area contributed by atoms with Crippen LogP contribution in [0.1, 0.15) is 25.3 Å². The molecular formula is C17H25NO3. The van der Waals surface area contributed by atoms with Gasteiger partial charge in [0.25, 0.3) is 0 Å². The zero-order valence-electron chi connectivity index (χ0n) is 13.4. The summed E-state index contributed by atoms with van der Waals surface area (Å²) in [5.74, 6) is 1.86. The van der Waals surface area contributed by atoms with Gasteiger partial charge in [0, 0.05) is 12.0 Å². The van der Waals surface area contributed by atoms with Gasteiger partial charge in [-0.15, -0.1) is 0 Å². The van der Waals surface area contributed by atoms with Crippen LogP contribution in [0.3, 0.4) is 0 Å². The average molecular weight is 291 g/mol. The van der Waals surface area contributed by atoms with E-state index in [9.17, 15) is 4.79 Å². The van der Waals surface area contributed by atoms with Gasteiger partial charge in [0.15, 0.2) is 17.3 Å². The second kappa shape index (κ2) is 6.48. The summed E-state index contributed by atoms with van der Waals surface area (Å²) in [4.78, 5) is 14.2. The summed E-state index contributed by atoms with van der Waals surface area (Å²) in [6.07, 6.45) is 2.99. The van der Waals surface area contributed by atoms with E-state index in [1.807, 2.05) is 25.2 Å². The zero-order chi connectivity index (χ0) is 15.5. The first-order chi connectivity index (χ1) is 9.98. The van der Waals surface area contributed by atoms with E-state index in [0.717, 1.165) is 37.3 Å². The van der Waals surface area contributed by atoms with Gasteiger partial charge >= 0.3 is 0 Å². The van der Waals surface area contributed by atoms with E-state index in [-0.39, 0.29) is 5.41 Å². The number of hydrogen-bond acceptors (Lipinski definition) is 4. The van der Waals surface area contributed by atoms with Gasteiger partial charge < -0.3 is 9.47 Å². The Balaban J connectivity index is 1.86. The third-order valence-electron chi connectivity index (χ3n) is 4.32. The van der Waals surface area contributed by atoms with E-state index >= 15 is 0 Å². The second-order valence-electron chi connectivity index (χ2n) is 6.16. The maximum atomic E-state index is 12.1. The third-order valence-corrected chi connectivity index (χ3v) is 4.32. The Bertz CT molecular complexity index is 509. The molecule has 2 rings (SSSR count). The summed E-state index contributed by atoms with van der Waals surface area (Å²) in [7, 11) is 5.28. The van der Waals surface area contributed by atoms with Crippen LogP contribution in [0.15, 0.2) is 18.2 Å². The lowest BCUT2D eigenvalue weighted by Gasteiger charge is -2.18. The Morgan fingerprint density at radius 1 is 1.24 bits per heavy atom. The van der Waals surface area contributed by atoms with Crippen LogP contribution in [0.25, 0.3) is 0 Å². The second-order valence-corrected chi connectivity index (χ2v) is 6.16. The number of ketones is 1. The number of benzene rings is 1. The summed E-state index contributed by atoms with van der Waals surface area (Å²) in [5, 5.41) is 0. The maximum absolute atomic E-state index is 12.1. The Morgan fingerprint density at radius 3 is 2.48 bits per heavy atom. The molecule has 0 aromatic heterocycles. The van der Waals surface area contributed by atoms with Gasteiger partial charge in [-0.2, -0.15) is 0 Å². The maximum Gasteiger partial charge on any atom is 0.160 e. The van der Waals surface area contributed by atoms with Gasteiger partial charge in [0.1, 0.15) is 0 Å². The molecular weight excluding hydrogens is 266 g/mol. The summed E-state index contributed by atoms with van der Waals surface area (Å²) in [6, 6.07) is 5.96. The molecule has 4 nitrogen and oxygen atoms in total. The van der Waals surface area contributed by atoms with Crippen molar-refractivity contribution < 1.29 is 14.3 Å². The molecule has 21 heavy (non-hydrogen) atoms. The summed E-state index contributed by atoms with van der Waals surface area (Å²) < 4.78 is 10.5. The van der Waals surface area contributed by atoms with E-state index in [2.05, 4.69) is 11.8 Å². The molecule has 1 aromatic rings. The van der Waals surface area contributed by atoms with Crippen LogP contribution in [0.4, 0.5) is 0 Å². The van der Waals surface area contributed by atoms with Crippen molar-refractivity contribution in [3.05, 3.63) is 23.8 Å². The highest BCUT2D eigenvalue weighted by Crippen LogP contribution is 2.45. The number of rotatable bonds is 8. The highest BCUT2D eigenvalue weighted by atomic mass is 16.5. The zero-order valence-corrected chi connectivity index (χ0v) is 13.4. The van der Waals surface area contributed by atoms with Gasteiger partial charge in [-0.3, -0.25) is 9.69 Å². The fourth-order valence-electron chi connectivity index (χ4n) is 2.34. The van der Waals surface area contributed by atoms with E-state index in [1.165, 1.54) is 5.56 Å². The lowest BCUT2D eigenvalue weighted by molar-refractivity contribution is -0.124. The molecule has 0 N–H and O–H groups in total. The first-order valence-corrected chi connectivity index (χ1v) is 7.41. The smallest absolute Gasteiger partial charge is 0.160 e. The molecule has 0 atom stereocenters. The fraction of sp³-hybridized carbons (Fsp3) is 0.588. The first-order valence-electron chi connectivity index (χ1n) is 7.41. The predicted molar refractivity (Wildman–Crippen MR) is 83.1 cm³/mol. The Morgan fingerprint density at radius 2 is 1.90 bits per heavy atom. The number of methoxy groups -OCH3 is 2. The van der Waals surface area contributed by atoms with Crippen molar-refractivity contribution in [2.75, 3.05) is 34.4 Å². The van der Waals surface area contributed by atoms with Crippen molar-refractivity contribution in [3.63, 3.8) is 0 Å². The van der Waals surface area contributed by atoms with E-state index in [0.29, 0.717) is 12.3 Å². The normalized spacial score (nSPS) is 15.9. The van der Waals surface area contributed by atoms with E-state index < -0.39 is 0 Å². The molecule has 0 radical (unpaired) electrons. The van der Waals surface area contributed by atoms with Gasteiger partial charge in [0.05, 0.1) is 20.8 Å². The minimum absolute atomic E-state index is 0.0302. The van der Waals surface area contributed by atoms with Crippen LogP contribution in [0.5, 0.6) is 11.5 Å². The van der Waals surface area contributed by atoms with Gasteiger partial charge in [0.2, 0.25) is 0 Å². The molecule has 4 heteroatoms. The SMILES string of the molecule is COc1ccc(CCN(C)CC(=O)C2(C)CC2)cc1OC. The molecule has 0 unspecified atom stereocenters. The van der Waals surface area contributed by atoms with Crippen molar-refractivity contribution in [1.29, 1.82) is 0 Å². The molecule has 0 heterocycles. The molecule has 116 valence electrons. The van der Waals surface area contributed by atoms with Crippen LogP contribution >= 0.6 is 0 Å². The summed E-state index contributed by atoms with van der Waals surface area (Å²) >= 11 is 0. The Hall–Kier alpha value is -1.55. The van der Waals surface area contributed by atoms with Gasteiger partial charge in [-0.1, -0.05) is 13.0 Å². The van der Waals surface area contributed by atoms with Crippen LogP contribution in [-0.4, -0.2) is 45.0 Å². The average Bonchev–Trinajstić information content (AvgIpc) is 3.24. The number of likely N-dealkylation sites (N-methyl/N-ethyl adjacent to an activating group) is 1. The minimum atomic E-state index is -0.0302. The number of carbonyl (C=O) groups excluding carboxylic acids is 1. The molecule has 0 bridgehead atoms. The molecule has 1 aliphatic carbocycles. The van der Waals surface area contributed by atoms with Crippen molar-refractivity contribution in [2.24, 2.45) is 5.41 Å². The number of Topliss-reactive ketones (excluding diaryl/α,β-unsaturated/α-hetero) is 1. The Labute approximate surface area is 127 Å². The fourth-order valence-corrected chi connectivity index (χ4v) is 2.34. The molecule has 0 saturated heterocycles. The minimum Gasteiger partial charge on any atom is -0.493 e. The molecule has 1 aliphatic rings. The monoisotopic (exact) mass is 291 g/mol. The number of carbonyl (C=O) groups is 1. The van der Waals surface area contributed by atoms with Gasteiger partial charge in [-0.25, -0.2) is 0 Å². The first kappa shape index (κ1) is 15.8. The lowest BCUT2D eigenvalue weighted by atomic mass is 10.0. The van der Waals surface area contributed by atoms with Crippen LogP contribution in [0, 0.1) is 5.41 Å². The van der Waals surface area contributed by atoms with Crippen LogP contribution in [-0.2, 0) is 11.2 Å². The van der Waals surface area contributed by atoms with E-state index in [4.69, 9.17) is 9.47 Å². The van der Waals surface area contributed by atoms with Crippen molar-refractivity contribution >= 4 is 5.78 Å². The standard InChI is InChI=1S/C17H25NO3/c1-17(8-9-17)16(19)12-18(2)10-7-13-5-6-14(20-3)15(11-13)21-4/h5-6,11H,7-10,12H2,1-4H3. The highest BCUT2D eigenvalue weighted by molar-refractivity contribution is 5.88.